The molecule has 1 aromatic rings. The van der Waals surface area contributed by atoms with Gasteiger partial charge in [-0.2, -0.15) is 0 Å². The molecule has 86 valence electrons. The Labute approximate surface area is 104 Å². The SMILES string of the molecule is CCC(C)CC(Cc1ccc(Br)s1)NN. The molecule has 4 heteroatoms. The van der Waals surface area contributed by atoms with Crippen LogP contribution in [0.4, 0.5) is 0 Å². The van der Waals surface area contributed by atoms with E-state index in [0.29, 0.717) is 6.04 Å². The van der Waals surface area contributed by atoms with Gasteiger partial charge in [0.2, 0.25) is 0 Å². The van der Waals surface area contributed by atoms with Gasteiger partial charge < -0.3 is 0 Å². The summed E-state index contributed by atoms with van der Waals surface area (Å²) in [5.41, 5.74) is 2.92. The molecule has 0 aliphatic heterocycles. The predicted molar refractivity (Wildman–Crippen MR) is 70.9 cm³/mol. The monoisotopic (exact) mass is 290 g/mol. The van der Waals surface area contributed by atoms with Crippen molar-refractivity contribution in [2.75, 3.05) is 0 Å². The summed E-state index contributed by atoms with van der Waals surface area (Å²) in [6.07, 6.45) is 3.38. The van der Waals surface area contributed by atoms with Gasteiger partial charge in [0, 0.05) is 10.9 Å². The molecule has 2 nitrogen and oxygen atoms in total. The number of nitrogens with two attached hydrogens (primary N) is 1. The fraction of sp³-hybridized carbons (Fsp3) is 0.636. The number of hydrogen-bond donors (Lipinski definition) is 2. The van der Waals surface area contributed by atoms with Crippen molar-refractivity contribution in [2.24, 2.45) is 11.8 Å². The van der Waals surface area contributed by atoms with E-state index >= 15 is 0 Å². The summed E-state index contributed by atoms with van der Waals surface area (Å²) >= 11 is 5.26. The van der Waals surface area contributed by atoms with Gasteiger partial charge in [-0.15, -0.1) is 11.3 Å². The molecule has 1 heterocycles. The third-order valence-electron chi connectivity index (χ3n) is 2.70. The second-order valence-corrected chi connectivity index (χ2v) is 6.57. The Kier molecular flexibility index (Phi) is 5.82. The Bertz CT molecular complexity index is 288. The van der Waals surface area contributed by atoms with Gasteiger partial charge in [0.15, 0.2) is 0 Å². The summed E-state index contributed by atoms with van der Waals surface area (Å²) < 4.78 is 1.19. The number of halogens is 1. The van der Waals surface area contributed by atoms with Crippen LogP contribution < -0.4 is 11.3 Å². The second-order valence-electron chi connectivity index (χ2n) is 4.02. The summed E-state index contributed by atoms with van der Waals surface area (Å²) in [5, 5.41) is 0. The van der Waals surface area contributed by atoms with Crippen LogP contribution in [0.5, 0.6) is 0 Å². The lowest BCUT2D eigenvalue weighted by Gasteiger charge is -2.18. The highest BCUT2D eigenvalue weighted by Crippen LogP contribution is 2.24. The van der Waals surface area contributed by atoms with Gasteiger partial charge >= 0.3 is 0 Å². The Balaban J connectivity index is 2.46. The molecule has 1 rings (SSSR count). The fourth-order valence-electron chi connectivity index (χ4n) is 1.57. The van der Waals surface area contributed by atoms with Crippen LogP contribution in [0.1, 0.15) is 31.6 Å². The minimum atomic E-state index is 0.394. The van der Waals surface area contributed by atoms with Gasteiger partial charge in [0.1, 0.15) is 0 Å². The molecular weight excluding hydrogens is 272 g/mol. The van der Waals surface area contributed by atoms with Gasteiger partial charge in [0.05, 0.1) is 3.79 Å². The molecule has 0 fully saturated rings. The first-order valence-electron chi connectivity index (χ1n) is 5.36. The summed E-state index contributed by atoms with van der Waals surface area (Å²) in [5.74, 6) is 6.30. The Hall–Kier alpha value is 0.1000. The van der Waals surface area contributed by atoms with E-state index in [4.69, 9.17) is 5.84 Å². The van der Waals surface area contributed by atoms with Crippen molar-refractivity contribution in [1.29, 1.82) is 0 Å². The highest BCUT2D eigenvalue weighted by molar-refractivity contribution is 9.11. The zero-order valence-corrected chi connectivity index (χ0v) is 11.7. The van der Waals surface area contributed by atoms with Crippen LogP contribution in [0.3, 0.4) is 0 Å². The first kappa shape index (κ1) is 13.2. The molecule has 0 saturated heterocycles. The van der Waals surface area contributed by atoms with Crippen LogP contribution in [0.2, 0.25) is 0 Å². The molecule has 0 saturated carbocycles. The largest absolute Gasteiger partial charge is 0.271 e. The van der Waals surface area contributed by atoms with Gasteiger partial charge in [0.25, 0.3) is 0 Å². The van der Waals surface area contributed by atoms with E-state index in [1.165, 1.54) is 15.1 Å². The zero-order valence-electron chi connectivity index (χ0n) is 9.29. The van der Waals surface area contributed by atoms with E-state index in [9.17, 15) is 0 Å². The molecular formula is C11H19BrN2S. The Morgan fingerprint density at radius 1 is 1.53 bits per heavy atom. The molecule has 1 aromatic heterocycles. The number of hydrazine groups is 1. The topological polar surface area (TPSA) is 38.0 Å². The maximum absolute atomic E-state index is 5.57. The molecule has 0 amide bonds. The minimum absolute atomic E-state index is 0.394. The first-order chi connectivity index (χ1) is 7.15. The molecule has 0 aliphatic rings. The third-order valence-corrected chi connectivity index (χ3v) is 4.34. The van der Waals surface area contributed by atoms with Crippen LogP contribution in [-0.4, -0.2) is 6.04 Å². The van der Waals surface area contributed by atoms with Crippen molar-refractivity contribution in [2.45, 2.75) is 39.2 Å². The van der Waals surface area contributed by atoms with Crippen molar-refractivity contribution in [3.05, 3.63) is 20.8 Å². The average molecular weight is 291 g/mol. The van der Waals surface area contributed by atoms with Crippen LogP contribution in [0, 0.1) is 5.92 Å². The number of hydrogen-bond acceptors (Lipinski definition) is 3. The summed E-state index contributed by atoms with van der Waals surface area (Å²) in [6.45, 7) is 4.49. The molecule has 15 heavy (non-hydrogen) atoms. The molecule has 3 N–H and O–H groups in total. The highest BCUT2D eigenvalue weighted by Gasteiger charge is 2.12. The zero-order chi connectivity index (χ0) is 11.3. The lowest BCUT2D eigenvalue weighted by Crippen LogP contribution is -2.37. The molecule has 2 atom stereocenters. The van der Waals surface area contributed by atoms with Crippen molar-refractivity contribution in [1.82, 2.24) is 5.43 Å². The van der Waals surface area contributed by atoms with Crippen molar-refractivity contribution < 1.29 is 0 Å². The van der Waals surface area contributed by atoms with E-state index in [1.54, 1.807) is 11.3 Å². The quantitative estimate of drug-likeness (QED) is 0.623. The third kappa shape index (κ3) is 4.64. The Morgan fingerprint density at radius 2 is 2.27 bits per heavy atom. The average Bonchev–Trinajstić information content (AvgIpc) is 2.62. The second kappa shape index (κ2) is 6.63. The minimum Gasteiger partial charge on any atom is -0.271 e. The summed E-state index contributed by atoms with van der Waals surface area (Å²) in [4.78, 5) is 1.38. The normalized spacial score (nSPS) is 15.2. The molecule has 0 aromatic carbocycles. The van der Waals surface area contributed by atoms with Crippen LogP contribution >= 0.6 is 27.3 Å². The van der Waals surface area contributed by atoms with Crippen molar-refractivity contribution in [3.8, 4) is 0 Å². The molecule has 0 bridgehead atoms. The van der Waals surface area contributed by atoms with E-state index in [1.807, 2.05) is 0 Å². The van der Waals surface area contributed by atoms with Crippen molar-refractivity contribution >= 4 is 27.3 Å². The number of thiophene rings is 1. The molecule has 0 radical (unpaired) electrons. The molecule has 0 aliphatic carbocycles. The predicted octanol–water partition coefficient (Wildman–Crippen LogP) is 3.32. The highest BCUT2D eigenvalue weighted by atomic mass is 79.9. The summed E-state index contributed by atoms with van der Waals surface area (Å²) in [6, 6.07) is 4.65. The maximum atomic E-state index is 5.57. The van der Waals surface area contributed by atoms with E-state index in [2.05, 4.69) is 47.3 Å². The van der Waals surface area contributed by atoms with E-state index in [0.717, 1.165) is 18.8 Å². The lowest BCUT2D eigenvalue weighted by molar-refractivity contribution is 0.398. The Morgan fingerprint density at radius 3 is 2.73 bits per heavy atom. The van der Waals surface area contributed by atoms with Gasteiger partial charge in [-0.3, -0.25) is 11.3 Å². The van der Waals surface area contributed by atoms with Gasteiger partial charge in [-0.05, 0) is 46.8 Å². The van der Waals surface area contributed by atoms with E-state index in [-0.39, 0.29) is 0 Å². The van der Waals surface area contributed by atoms with Gasteiger partial charge in [-0.25, -0.2) is 0 Å². The molecule has 0 spiro atoms. The maximum Gasteiger partial charge on any atom is 0.0701 e. The summed E-state index contributed by atoms with van der Waals surface area (Å²) in [7, 11) is 0. The van der Waals surface area contributed by atoms with Crippen LogP contribution in [0.15, 0.2) is 15.9 Å². The van der Waals surface area contributed by atoms with Crippen molar-refractivity contribution in [3.63, 3.8) is 0 Å². The standard InChI is InChI=1S/C11H19BrN2S/c1-3-8(2)6-9(14-13)7-10-4-5-11(12)15-10/h4-5,8-9,14H,3,6-7,13H2,1-2H3. The van der Waals surface area contributed by atoms with E-state index < -0.39 is 0 Å². The van der Waals surface area contributed by atoms with Crippen LogP contribution in [-0.2, 0) is 6.42 Å². The van der Waals surface area contributed by atoms with Crippen LogP contribution in [0.25, 0.3) is 0 Å². The number of nitrogens with one attached hydrogen (secondary N) is 1. The first-order valence-corrected chi connectivity index (χ1v) is 6.97. The number of rotatable bonds is 6. The lowest BCUT2D eigenvalue weighted by atomic mass is 9.97. The smallest absolute Gasteiger partial charge is 0.0701 e. The van der Waals surface area contributed by atoms with Gasteiger partial charge in [-0.1, -0.05) is 20.3 Å². The molecule has 2 unspecified atom stereocenters. The fourth-order valence-corrected chi connectivity index (χ4v) is 3.13.